The fraction of sp³-hybridized carbons (Fsp3) is 0.500. The molecule has 2 rings (SSSR count). The first-order valence-electron chi connectivity index (χ1n) is 6.76. The normalized spacial score (nSPS) is 21.9. The largest absolute Gasteiger partial charge is 0.389 e. The van der Waals surface area contributed by atoms with Gasteiger partial charge < -0.3 is 10.5 Å². The number of thiocarbonyl (C=S) groups is 1. The van der Waals surface area contributed by atoms with Crippen LogP contribution in [0.15, 0.2) is 29.2 Å². The third-order valence-electron chi connectivity index (χ3n) is 3.46. The Kier molecular flexibility index (Phi) is 4.67. The van der Waals surface area contributed by atoms with Crippen molar-refractivity contribution >= 4 is 27.2 Å². The van der Waals surface area contributed by atoms with E-state index >= 15 is 0 Å². The van der Waals surface area contributed by atoms with Crippen molar-refractivity contribution in [1.82, 2.24) is 4.72 Å². The maximum absolute atomic E-state index is 12.6. The van der Waals surface area contributed by atoms with Crippen LogP contribution < -0.4 is 10.5 Å². The quantitative estimate of drug-likeness (QED) is 0.820. The zero-order valence-corrected chi connectivity index (χ0v) is 13.8. The molecule has 3 N–H and O–H groups in total. The molecular formula is C14H20N2O3S2. The molecular weight excluding hydrogens is 308 g/mol. The van der Waals surface area contributed by atoms with E-state index in [0.29, 0.717) is 25.0 Å². The molecule has 5 nitrogen and oxygen atoms in total. The number of sulfonamides is 1. The molecule has 1 fully saturated rings. The van der Waals surface area contributed by atoms with Crippen molar-refractivity contribution in [3.05, 3.63) is 29.8 Å². The van der Waals surface area contributed by atoms with Crippen molar-refractivity contribution < 1.29 is 13.2 Å². The lowest BCUT2D eigenvalue weighted by atomic mass is 9.95. The third kappa shape index (κ3) is 4.00. The maximum atomic E-state index is 12.6. The van der Waals surface area contributed by atoms with Crippen LogP contribution in [0.4, 0.5) is 0 Å². The average Bonchev–Trinajstić information content (AvgIpc) is 2.37. The second-order valence-electron chi connectivity index (χ2n) is 5.78. The van der Waals surface area contributed by atoms with Gasteiger partial charge in [0.15, 0.2) is 0 Å². The van der Waals surface area contributed by atoms with Crippen molar-refractivity contribution in [2.75, 3.05) is 6.61 Å². The monoisotopic (exact) mass is 328 g/mol. The number of nitrogens with two attached hydrogens (primary N) is 1. The summed E-state index contributed by atoms with van der Waals surface area (Å²) in [6, 6.07) is 6.35. The summed E-state index contributed by atoms with van der Waals surface area (Å²) in [5.41, 5.74) is 5.65. The Morgan fingerprint density at radius 3 is 2.71 bits per heavy atom. The van der Waals surface area contributed by atoms with Crippen LogP contribution >= 0.6 is 12.2 Å². The fourth-order valence-electron chi connectivity index (χ4n) is 2.52. The predicted molar refractivity (Wildman–Crippen MR) is 85.7 cm³/mol. The molecule has 1 aliphatic rings. The molecule has 21 heavy (non-hydrogen) atoms. The Labute approximate surface area is 130 Å². The SMILES string of the molecule is CC1(C)CC(NS(=O)(=O)c2ccccc2C(N)=S)CCO1. The second-order valence-corrected chi connectivity index (χ2v) is 7.90. The van der Waals surface area contributed by atoms with Crippen molar-refractivity contribution in [1.29, 1.82) is 0 Å². The molecule has 0 radical (unpaired) electrons. The first-order chi connectivity index (χ1) is 9.71. The van der Waals surface area contributed by atoms with E-state index in [0.717, 1.165) is 0 Å². The maximum Gasteiger partial charge on any atom is 0.241 e. The molecule has 7 heteroatoms. The van der Waals surface area contributed by atoms with Crippen molar-refractivity contribution in [3.8, 4) is 0 Å². The van der Waals surface area contributed by atoms with E-state index in [1.54, 1.807) is 18.2 Å². The van der Waals surface area contributed by atoms with Gasteiger partial charge in [-0.3, -0.25) is 0 Å². The molecule has 0 saturated carbocycles. The Morgan fingerprint density at radius 2 is 2.10 bits per heavy atom. The summed E-state index contributed by atoms with van der Waals surface area (Å²) >= 11 is 4.92. The first kappa shape index (κ1) is 16.4. The van der Waals surface area contributed by atoms with Gasteiger partial charge in [-0.25, -0.2) is 13.1 Å². The molecule has 0 aliphatic carbocycles. The van der Waals surface area contributed by atoms with Crippen LogP contribution in [0.1, 0.15) is 32.3 Å². The molecule has 116 valence electrons. The number of benzene rings is 1. The van der Waals surface area contributed by atoms with Gasteiger partial charge in [0, 0.05) is 18.2 Å². The summed E-state index contributed by atoms with van der Waals surface area (Å²) in [7, 11) is -3.66. The Hall–Kier alpha value is -1.02. The average molecular weight is 328 g/mol. The molecule has 1 aromatic rings. The van der Waals surface area contributed by atoms with Crippen molar-refractivity contribution in [3.63, 3.8) is 0 Å². The summed E-state index contributed by atoms with van der Waals surface area (Å²) in [4.78, 5) is 0.199. The van der Waals surface area contributed by atoms with Gasteiger partial charge in [0.1, 0.15) is 4.99 Å². The molecule has 1 aliphatic heterocycles. The van der Waals surface area contributed by atoms with E-state index in [9.17, 15) is 8.42 Å². The minimum atomic E-state index is -3.66. The van der Waals surface area contributed by atoms with Gasteiger partial charge in [0.2, 0.25) is 10.0 Å². The summed E-state index contributed by atoms with van der Waals surface area (Å²) in [5, 5.41) is 0. The molecule has 0 spiro atoms. The van der Waals surface area contributed by atoms with E-state index in [4.69, 9.17) is 22.7 Å². The van der Waals surface area contributed by atoms with Gasteiger partial charge in [-0.1, -0.05) is 30.4 Å². The Balaban J connectivity index is 2.25. The van der Waals surface area contributed by atoms with E-state index < -0.39 is 10.0 Å². The third-order valence-corrected chi connectivity index (χ3v) is 5.26. The van der Waals surface area contributed by atoms with Crippen LogP contribution in [-0.4, -0.2) is 31.7 Å². The molecule has 1 unspecified atom stereocenters. The highest BCUT2D eigenvalue weighted by Crippen LogP contribution is 2.25. The molecule has 0 bridgehead atoms. The zero-order valence-electron chi connectivity index (χ0n) is 12.1. The van der Waals surface area contributed by atoms with Gasteiger partial charge in [-0.2, -0.15) is 0 Å². The highest BCUT2D eigenvalue weighted by atomic mass is 32.2. The van der Waals surface area contributed by atoms with Crippen LogP contribution in [0.3, 0.4) is 0 Å². The Morgan fingerprint density at radius 1 is 1.43 bits per heavy atom. The molecule has 1 saturated heterocycles. The van der Waals surface area contributed by atoms with Crippen LogP contribution in [0.2, 0.25) is 0 Å². The van der Waals surface area contributed by atoms with Gasteiger partial charge >= 0.3 is 0 Å². The molecule has 0 amide bonds. The van der Waals surface area contributed by atoms with Gasteiger partial charge in [0.05, 0.1) is 10.5 Å². The highest BCUT2D eigenvalue weighted by Gasteiger charge is 2.32. The number of hydrogen-bond donors (Lipinski definition) is 2. The van der Waals surface area contributed by atoms with E-state index in [-0.39, 0.29) is 21.5 Å². The lowest BCUT2D eigenvalue weighted by Gasteiger charge is -2.35. The lowest BCUT2D eigenvalue weighted by Crippen LogP contribution is -2.46. The number of hydrogen-bond acceptors (Lipinski definition) is 4. The van der Waals surface area contributed by atoms with E-state index in [2.05, 4.69) is 4.72 Å². The smallest absolute Gasteiger partial charge is 0.241 e. The van der Waals surface area contributed by atoms with Crippen molar-refractivity contribution in [2.24, 2.45) is 5.73 Å². The summed E-state index contributed by atoms with van der Waals surface area (Å²) in [6.07, 6.45) is 1.28. The number of rotatable bonds is 4. The predicted octanol–water partition coefficient (Wildman–Crippen LogP) is 1.56. The van der Waals surface area contributed by atoms with Crippen LogP contribution in [-0.2, 0) is 14.8 Å². The number of ether oxygens (including phenoxy) is 1. The second kappa shape index (κ2) is 6.00. The fourth-order valence-corrected chi connectivity index (χ4v) is 4.25. The minimum absolute atomic E-state index is 0.0725. The van der Waals surface area contributed by atoms with E-state index in [1.165, 1.54) is 6.07 Å². The lowest BCUT2D eigenvalue weighted by molar-refractivity contribution is -0.0599. The highest BCUT2D eigenvalue weighted by molar-refractivity contribution is 7.89. The molecule has 0 aromatic heterocycles. The van der Waals surface area contributed by atoms with E-state index in [1.807, 2.05) is 13.8 Å². The van der Waals surface area contributed by atoms with Gasteiger partial charge in [-0.15, -0.1) is 0 Å². The molecule has 1 aromatic carbocycles. The first-order valence-corrected chi connectivity index (χ1v) is 8.65. The molecule has 1 atom stereocenters. The van der Waals surface area contributed by atoms with Gasteiger partial charge in [-0.05, 0) is 32.8 Å². The standard InChI is InChI=1S/C14H20N2O3S2/c1-14(2)9-10(7-8-19-14)16-21(17,18)12-6-4-3-5-11(12)13(15)20/h3-6,10,16H,7-9H2,1-2H3,(H2,15,20). The van der Waals surface area contributed by atoms with Crippen LogP contribution in [0.5, 0.6) is 0 Å². The Bertz CT molecular complexity index is 641. The summed E-state index contributed by atoms with van der Waals surface area (Å²) in [6.45, 7) is 4.45. The summed E-state index contributed by atoms with van der Waals surface area (Å²) < 4.78 is 33.5. The van der Waals surface area contributed by atoms with Gasteiger partial charge in [0.25, 0.3) is 0 Å². The van der Waals surface area contributed by atoms with Crippen molar-refractivity contribution in [2.45, 2.75) is 43.2 Å². The van der Waals surface area contributed by atoms with Crippen LogP contribution in [0, 0.1) is 0 Å². The minimum Gasteiger partial charge on any atom is -0.389 e. The van der Waals surface area contributed by atoms with Crippen LogP contribution in [0.25, 0.3) is 0 Å². The zero-order chi connectivity index (χ0) is 15.7. The molecule has 1 heterocycles. The summed E-state index contributed by atoms with van der Waals surface area (Å²) in [5.74, 6) is 0. The topological polar surface area (TPSA) is 81.4 Å². The number of nitrogens with one attached hydrogen (secondary N) is 1.